The van der Waals surface area contributed by atoms with Gasteiger partial charge in [-0.3, -0.25) is 4.79 Å². The van der Waals surface area contributed by atoms with Crippen LogP contribution >= 0.6 is 0 Å². The first-order chi connectivity index (χ1) is 12.6. The van der Waals surface area contributed by atoms with Gasteiger partial charge in [-0.15, -0.1) is 14.9 Å². The minimum Gasteiger partial charge on any atom is -0.424 e. The molecule has 0 unspecified atom stereocenters. The minimum absolute atomic E-state index is 0.0575. The molecule has 0 atom stereocenters. The second-order valence-electron chi connectivity index (χ2n) is 6.46. The lowest BCUT2D eigenvalue weighted by Crippen LogP contribution is -2.27. The van der Waals surface area contributed by atoms with Crippen LogP contribution in [-0.4, -0.2) is 32.5 Å². The van der Waals surface area contributed by atoms with Crippen LogP contribution in [0.5, 0.6) is 0 Å². The number of halogens is 3. The van der Waals surface area contributed by atoms with E-state index in [0.717, 1.165) is 12.1 Å². The van der Waals surface area contributed by atoms with E-state index in [-0.39, 0.29) is 52.9 Å². The number of nitrogens with zero attached hydrogens (tertiary/aromatic N) is 4. The van der Waals surface area contributed by atoms with Crippen molar-refractivity contribution in [3.63, 3.8) is 0 Å². The van der Waals surface area contributed by atoms with Gasteiger partial charge in [-0.05, 0) is 18.6 Å². The topological polar surface area (TPSA) is 89.6 Å². The summed E-state index contributed by atoms with van der Waals surface area (Å²) in [4.78, 5) is 17.3. The van der Waals surface area contributed by atoms with E-state index in [1.807, 2.05) is 0 Å². The van der Waals surface area contributed by atoms with Crippen molar-refractivity contribution in [1.29, 1.82) is 0 Å². The molecule has 2 aromatic rings. The Labute approximate surface area is 152 Å². The largest absolute Gasteiger partial charge is 0.424 e. The molecule has 0 spiro atoms. The molecule has 1 aromatic carbocycles. The standard InChI is InChI=1S/C17H17F3N4O3/c1-8(2)15-22-21-14(16(25)24(15)26)10-4-5-11(17(18,19)20)13(9(10)3)12-6-7-27-23-12/h4-5,8,26H,6-7H2,1-3H3. The van der Waals surface area contributed by atoms with Crippen molar-refractivity contribution in [2.45, 2.75) is 39.3 Å². The zero-order valence-electron chi connectivity index (χ0n) is 14.8. The number of oxime groups is 1. The van der Waals surface area contributed by atoms with Gasteiger partial charge in [0, 0.05) is 23.5 Å². The van der Waals surface area contributed by atoms with E-state index in [2.05, 4.69) is 15.4 Å². The average molecular weight is 382 g/mol. The molecule has 0 amide bonds. The summed E-state index contributed by atoms with van der Waals surface area (Å²) in [7, 11) is 0. The van der Waals surface area contributed by atoms with Crippen molar-refractivity contribution >= 4 is 5.71 Å². The maximum Gasteiger partial charge on any atom is 0.417 e. The van der Waals surface area contributed by atoms with Crippen molar-refractivity contribution in [1.82, 2.24) is 14.9 Å². The van der Waals surface area contributed by atoms with Gasteiger partial charge < -0.3 is 10.0 Å². The van der Waals surface area contributed by atoms with Gasteiger partial charge in [0.15, 0.2) is 11.5 Å². The molecule has 0 fully saturated rings. The van der Waals surface area contributed by atoms with E-state index in [4.69, 9.17) is 4.84 Å². The number of hydrogen-bond acceptors (Lipinski definition) is 6. The summed E-state index contributed by atoms with van der Waals surface area (Å²) < 4.78 is 40.8. The van der Waals surface area contributed by atoms with Crippen LogP contribution in [0.4, 0.5) is 13.2 Å². The fraction of sp³-hybridized carbons (Fsp3) is 0.412. The number of aromatic nitrogens is 3. The fourth-order valence-electron chi connectivity index (χ4n) is 2.98. The fourth-order valence-corrected chi connectivity index (χ4v) is 2.98. The quantitative estimate of drug-likeness (QED) is 0.824. The second-order valence-corrected chi connectivity index (χ2v) is 6.46. The van der Waals surface area contributed by atoms with E-state index in [1.165, 1.54) is 6.92 Å². The van der Waals surface area contributed by atoms with Gasteiger partial charge in [0.05, 0.1) is 11.3 Å². The Morgan fingerprint density at radius 2 is 1.96 bits per heavy atom. The molecule has 0 radical (unpaired) electrons. The zero-order valence-corrected chi connectivity index (χ0v) is 14.8. The van der Waals surface area contributed by atoms with Crippen molar-refractivity contribution in [3.8, 4) is 11.3 Å². The molecule has 144 valence electrons. The summed E-state index contributed by atoms with van der Waals surface area (Å²) >= 11 is 0. The summed E-state index contributed by atoms with van der Waals surface area (Å²) in [6.45, 7) is 5.06. The lowest BCUT2D eigenvalue weighted by molar-refractivity contribution is -0.137. The Bertz CT molecular complexity index is 981. The molecular formula is C17H17F3N4O3. The highest BCUT2D eigenvalue weighted by Crippen LogP contribution is 2.37. The number of hydrogen-bond donors (Lipinski definition) is 1. The molecule has 1 aromatic heterocycles. The minimum atomic E-state index is -4.60. The summed E-state index contributed by atoms with van der Waals surface area (Å²) in [6, 6.07) is 2.02. The third-order valence-electron chi connectivity index (χ3n) is 4.30. The first kappa shape index (κ1) is 18.9. The van der Waals surface area contributed by atoms with Crippen LogP contribution in [0.2, 0.25) is 0 Å². The molecule has 1 aliphatic heterocycles. The zero-order chi connectivity index (χ0) is 19.9. The van der Waals surface area contributed by atoms with Gasteiger partial charge >= 0.3 is 11.7 Å². The molecule has 0 saturated carbocycles. The van der Waals surface area contributed by atoms with Crippen molar-refractivity contribution in [3.05, 3.63) is 45.0 Å². The van der Waals surface area contributed by atoms with Crippen LogP contribution in [-0.2, 0) is 11.0 Å². The van der Waals surface area contributed by atoms with Crippen LogP contribution in [0.3, 0.4) is 0 Å². The summed E-state index contributed by atoms with van der Waals surface area (Å²) in [5, 5.41) is 21.4. The summed E-state index contributed by atoms with van der Waals surface area (Å²) in [5.41, 5.74) is -1.65. The Morgan fingerprint density at radius 1 is 1.26 bits per heavy atom. The highest BCUT2D eigenvalue weighted by molar-refractivity contribution is 6.04. The molecule has 0 aliphatic carbocycles. The Morgan fingerprint density at radius 3 is 2.52 bits per heavy atom. The molecule has 3 rings (SSSR count). The third-order valence-corrected chi connectivity index (χ3v) is 4.30. The van der Waals surface area contributed by atoms with E-state index < -0.39 is 17.3 Å². The van der Waals surface area contributed by atoms with Crippen LogP contribution in [0.1, 0.15) is 48.7 Å². The van der Waals surface area contributed by atoms with E-state index in [1.54, 1.807) is 13.8 Å². The average Bonchev–Trinajstić information content (AvgIpc) is 3.10. The van der Waals surface area contributed by atoms with Gasteiger partial charge in [-0.2, -0.15) is 13.2 Å². The Hall–Kier alpha value is -2.91. The number of alkyl halides is 3. The van der Waals surface area contributed by atoms with Crippen molar-refractivity contribution < 1.29 is 23.2 Å². The third kappa shape index (κ3) is 3.26. The van der Waals surface area contributed by atoms with E-state index >= 15 is 0 Å². The van der Waals surface area contributed by atoms with Gasteiger partial charge in [-0.1, -0.05) is 25.1 Å². The predicted molar refractivity (Wildman–Crippen MR) is 89.8 cm³/mol. The van der Waals surface area contributed by atoms with Gasteiger partial charge in [0.2, 0.25) is 0 Å². The lowest BCUT2D eigenvalue weighted by atomic mass is 9.91. The Balaban J connectivity index is 2.26. The lowest BCUT2D eigenvalue weighted by Gasteiger charge is -2.17. The first-order valence-electron chi connectivity index (χ1n) is 8.22. The maximum absolute atomic E-state index is 13.5. The first-order valence-corrected chi connectivity index (χ1v) is 8.22. The number of benzene rings is 1. The van der Waals surface area contributed by atoms with Gasteiger partial charge in [-0.25, -0.2) is 0 Å². The normalized spacial score (nSPS) is 14.4. The molecule has 7 nitrogen and oxygen atoms in total. The van der Waals surface area contributed by atoms with Crippen molar-refractivity contribution in [2.24, 2.45) is 5.16 Å². The maximum atomic E-state index is 13.5. The van der Waals surface area contributed by atoms with Crippen LogP contribution in [0.15, 0.2) is 22.1 Å². The molecule has 10 heteroatoms. The molecule has 0 saturated heterocycles. The van der Waals surface area contributed by atoms with Crippen LogP contribution in [0, 0.1) is 6.92 Å². The molecule has 27 heavy (non-hydrogen) atoms. The smallest absolute Gasteiger partial charge is 0.417 e. The second kappa shape index (κ2) is 6.67. The summed E-state index contributed by atoms with van der Waals surface area (Å²) in [6.07, 6.45) is -4.39. The highest BCUT2D eigenvalue weighted by Gasteiger charge is 2.37. The Kier molecular flexibility index (Phi) is 4.66. The van der Waals surface area contributed by atoms with Crippen LogP contribution in [0.25, 0.3) is 11.3 Å². The highest BCUT2D eigenvalue weighted by atomic mass is 19.4. The molecular weight excluding hydrogens is 365 g/mol. The summed E-state index contributed by atoms with van der Waals surface area (Å²) in [5.74, 6) is -0.208. The van der Waals surface area contributed by atoms with Gasteiger partial charge in [0.1, 0.15) is 6.61 Å². The van der Waals surface area contributed by atoms with Crippen LogP contribution < -0.4 is 5.56 Å². The molecule has 0 bridgehead atoms. The van der Waals surface area contributed by atoms with E-state index in [0.29, 0.717) is 4.73 Å². The molecule has 2 heterocycles. The predicted octanol–water partition coefficient (Wildman–Crippen LogP) is 3.12. The molecule has 1 N–H and O–H groups in total. The monoisotopic (exact) mass is 382 g/mol. The number of rotatable bonds is 3. The van der Waals surface area contributed by atoms with Gasteiger partial charge in [0.25, 0.3) is 0 Å². The SMILES string of the molecule is Cc1c(-c2nnc(C(C)C)n(O)c2=O)ccc(C(F)(F)F)c1C1=NOCC1. The van der Waals surface area contributed by atoms with E-state index in [9.17, 15) is 23.2 Å². The molecule has 1 aliphatic rings. The van der Waals surface area contributed by atoms with Crippen molar-refractivity contribution in [2.75, 3.05) is 6.61 Å².